The molecular weight excluding hydrogens is 375 g/mol. The van der Waals surface area contributed by atoms with E-state index in [1.54, 1.807) is 0 Å². The molecule has 2 rings (SSSR count). The SMILES string of the molecule is Cc1cc(OCCCN2CCC(CI)CC2)ccc1C#N. The third-order valence-corrected chi connectivity index (χ3v) is 5.38. The Morgan fingerprint density at radius 1 is 1.38 bits per heavy atom. The number of nitrogens with zero attached hydrogens (tertiary/aromatic N) is 2. The zero-order chi connectivity index (χ0) is 15.1. The fraction of sp³-hybridized carbons (Fsp3) is 0.588. The largest absolute Gasteiger partial charge is 0.494 e. The topological polar surface area (TPSA) is 36.3 Å². The minimum atomic E-state index is 0.723. The fourth-order valence-corrected chi connectivity index (χ4v) is 3.57. The molecule has 0 atom stereocenters. The zero-order valence-corrected chi connectivity index (χ0v) is 14.8. The number of hydrogen-bond donors (Lipinski definition) is 0. The third kappa shape index (κ3) is 5.15. The van der Waals surface area contributed by atoms with E-state index in [0.717, 1.165) is 42.4 Å². The van der Waals surface area contributed by atoms with Crippen LogP contribution < -0.4 is 4.74 Å². The second kappa shape index (κ2) is 8.60. The second-order valence-electron chi connectivity index (χ2n) is 5.73. The van der Waals surface area contributed by atoms with Crippen LogP contribution >= 0.6 is 22.6 Å². The molecule has 1 fully saturated rings. The first-order chi connectivity index (χ1) is 10.2. The predicted molar refractivity (Wildman–Crippen MR) is 94.1 cm³/mol. The molecule has 1 aromatic carbocycles. The highest BCUT2D eigenvalue weighted by molar-refractivity contribution is 14.1. The molecule has 114 valence electrons. The summed E-state index contributed by atoms with van der Waals surface area (Å²) in [7, 11) is 0. The minimum Gasteiger partial charge on any atom is -0.494 e. The van der Waals surface area contributed by atoms with Crippen LogP contribution in [0.4, 0.5) is 0 Å². The van der Waals surface area contributed by atoms with Gasteiger partial charge in [-0.15, -0.1) is 0 Å². The molecule has 1 aliphatic heterocycles. The Morgan fingerprint density at radius 3 is 2.76 bits per heavy atom. The Morgan fingerprint density at radius 2 is 2.14 bits per heavy atom. The van der Waals surface area contributed by atoms with Crippen molar-refractivity contribution >= 4 is 22.6 Å². The molecule has 0 aromatic heterocycles. The van der Waals surface area contributed by atoms with Gasteiger partial charge in [0, 0.05) is 11.0 Å². The van der Waals surface area contributed by atoms with Crippen LogP contribution in [0.2, 0.25) is 0 Å². The Kier molecular flexibility index (Phi) is 6.78. The van der Waals surface area contributed by atoms with Gasteiger partial charge in [-0.2, -0.15) is 5.26 Å². The van der Waals surface area contributed by atoms with Gasteiger partial charge in [-0.3, -0.25) is 0 Å². The molecule has 0 radical (unpaired) electrons. The van der Waals surface area contributed by atoms with Crippen molar-refractivity contribution in [2.75, 3.05) is 30.7 Å². The van der Waals surface area contributed by atoms with Crippen molar-refractivity contribution in [3.8, 4) is 11.8 Å². The number of piperidine rings is 1. The summed E-state index contributed by atoms with van der Waals surface area (Å²) in [6.07, 6.45) is 3.76. The maximum atomic E-state index is 8.91. The number of likely N-dealkylation sites (tertiary alicyclic amines) is 1. The monoisotopic (exact) mass is 398 g/mol. The average Bonchev–Trinajstić information content (AvgIpc) is 2.52. The van der Waals surface area contributed by atoms with Gasteiger partial charge < -0.3 is 9.64 Å². The van der Waals surface area contributed by atoms with Gasteiger partial charge in [0.15, 0.2) is 0 Å². The maximum absolute atomic E-state index is 8.91. The Hall–Kier alpha value is -0.800. The number of aryl methyl sites for hydroxylation is 1. The highest BCUT2D eigenvalue weighted by atomic mass is 127. The van der Waals surface area contributed by atoms with Crippen LogP contribution in [-0.4, -0.2) is 35.6 Å². The Balaban J connectivity index is 1.66. The number of nitriles is 1. The molecule has 21 heavy (non-hydrogen) atoms. The summed E-state index contributed by atoms with van der Waals surface area (Å²) in [4.78, 5) is 2.55. The first-order valence-electron chi connectivity index (χ1n) is 7.65. The molecule has 3 nitrogen and oxygen atoms in total. The molecule has 4 heteroatoms. The molecule has 1 aliphatic rings. The minimum absolute atomic E-state index is 0.723. The van der Waals surface area contributed by atoms with Crippen LogP contribution in [0.15, 0.2) is 18.2 Å². The first kappa shape index (κ1) is 16.6. The van der Waals surface area contributed by atoms with Gasteiger partial charge in [0.1, 0.15) is 5.75 Å². The lowest BCUT2D eigenvalue weighted by Crippen LogP contribution is -2.35. The number of alkyl halides is 1. The zero-order valence-electron chi connectivity index (χ0n) is 12.6. The van der Waals surface area contributed by atoms with E-state index in [1.165, 1.54) is 30.4 Å². The lowest BCUT2D eigenvalue weighted by Gasteiger charge is -2.31. The smallest absolute Gasteiger partial charge is 0.119 e. The number of hydrogen-bond acceptors (Lipinski definition) is 3. The van der Waals surface area contributed by atoms with Crippen molar-refractivity contribution in [1.29, 1.82) is 5.26 Å². The van der Waals surface area contributed by atoms with E-state index < -0.39 is 0 Å². The molecule has 0 aliphatic carbocycles. The van der Waals surface area contributed by atoms with E-state index >= 15 is 0 Å². The Bertz CT molecular complexity index is 490. The van der Waals surface area contributed by atoms with E-state index in [4.69, 9.17) is 10.00 Å². The molecule has 0 bridgehead atoms. The summed E-state index contributed by atoms with van der Waals surface area (Å²) in [5, 5.41) is 8.91. The van der Waals surface area contributed by atoms with E-state index in [1.807, 2.05) is 25.1 Å². The molecular formula is C17H23IN2O. The van der Waals surface area contributed by atoms with Crippen LogP contribution in [0, 0.1) is 24.2 Å². The van der Waals surface area contributed by atoms with E-state index in [2.05, 4.69) is 33.6 Å². The van der Waals surface area contributed by atoms with Crippen molar-refractivity contribution < 1.29 is 4.74 Å². The van der Waals surface area contributed by atoms with Gasteiger partial charge in [0.05, 0.1) is 18.2 Å². The standard InChI is InChI=1S/C17H23IN2O/c1-14-11-17(4-3-16(14)13-19)21-10-2-7-20-8-5-15(12-18)6-9-20/h3-4,11,15H,2,5-10,12H2,1H3. The summed E-state index contributed by atoms with van der Waals surface area (Å²) in [6.45, 7) is 6.30. The van der Waals surface area contributed by atoms with E-state index in [-0.39, 0.29) is 0 Å². The summed E-state index contributed by atoms with van der Waals surface area (Å²) in [6, 6.07) is 7.85. The van der Waals surface area contributed by atoms with Crippen molar-refractivity contribution in [3.63, 3.8) is 0 Å². The lowest BCUT2D eigenvalue weighted by molar-refractivity contribution is 0.180. The summed E-state index contributed by atoms with van der Waals surface area (Å²) >= 11 is 2.50. The molecule has 1 saturated heterocycles. The number of rotatable bonds is 6. The molecule has 0 amide bonds. The highest BCUT2D eigenvalue weighted by Gasteiger charge is 2.17. The normalized spacial score (nSPS) is 16.6. The summed E-state index contributed by atoms with van der Waals surface area (Å²) in [5.74, 6) is 1.80. The van der Waals surface area contributed by atoms with Crippen LogP contribution in [0.1, 0.15) is 30.4 Å². The van der Waals surface area contributed by atoms with Crippen LogP contribution in [0.5, 0.6) is 5.75 Å². The molecule has 0 N–H and O–H groups in total. The predicted octanol–water partition coefficient (Wildman–Crippen LogP) is 3.78. The van der Waals surface area contributed by atoms with Gasteiger partial charge in [0.2, 0.25) is 0 Å². The first-order valence-corrected chi connectivity index (χ1v) is 9.17. The lowest BCUT2D eigenvalue weighted by atomic mass is 9.99. The highest BCUT2D eigenvalue weighted by Crippen LogP contribution is 2.20. The third-order valence-electron chi connectivity index (χ3n) is 4.13. The fourth-order valence-electron chi connectivity index (χ4n) is 2.69. The van der Waals surface area contributed by atoms with Gasteiger partial charge >= 0.3 is 0 Å². The molecule has 0 saturated carbocycles. The van der Waals surface area contributed by atoms with Gasteiger partial charge in [-0.05, 0) is 69.0 Å². The van der Waals surface area contributed by atoms with Gasteiger partial charge in [-0.1, -0.05) is 22.6 Å². The maximum Gasteiger partial charge on any atom is 0.119 e. The van der Waals surface area contributed by atoms with Crippen LogP contribution in [0.25, 0.3) is 0 Å². The van der Waals surface area contributed by atoms with Gasteiger partial charge in [-0.25, -0.2) is 0 Å². The van der Waals surface area contributed by atoms with Crippen molar-refractivity contribution in [1.82, 2.24) is 4.90 Å². The van der Waals surface area contributed by atoms with Gasteiger partial charge in [0.25, 0.3) is 0 Å². The second-order valence-corrected chi connectivity index (χ2v) is 6.61. The molecule has 1 heterocycles. The Labute approximate surface area is 141 Å². The average molecular weight is 398 g/mol. The van der Waals surface area contributed by atoms with Crippen molar-refractivity contribution in [2.45, 2.75) is 26.2 Å². The molecule has 1 aromatic rings. The molecule has 0 spiro atoms. The summed E-state index contributed by atoms with van der Waals surface area (Å²) < 4.78 is 7.08. The summed E-state index contributed by atoms with van der Waals surface area (Å²) in [5.41, 5.74) is 1.70. The number of benzene rings is 1. The van der Waals surface area contributed by atoms with E-state index in [0.29, 0.717) is 0 Å². The van der Waals surface area contributed by atoms with Crippen molar-refractivity contribution in [3.05, 3.63) is 29.3 Å². The van der Waals surface area contributed by atoms with Crippen LogP contribution in [-0.2, 0) is 0 Å². The molecule has 0 unspecified atom stereocenters. The number of halogens is 1. The number of ether oxygens (including phenoxy) is 1. The van der Waals surface area contributed by atoms with Crippen molar-refractivity contribution in [2.24, 2.45) is 5.92 Å². The van der Waals surface area contributed by atoms with E-state index in [9.17, 15) is 0 Å². The van der Waals surface area contributed by atoms with Crippen LogP contribution in [0.3, 0.4) is 0 Å². The quantitative estimate of drug-likeness (QED) is 0.416.